The molecule has 0 saturated heterocycles. The molecule has 8 heteroatoms. The first-order valence-electron chi connectivity index (χ1n) is 11.1. The van der Waals surface area contributed by atoms with Crippen LogP contribution in [0.5, 0.6) is 11.5 Å². The molecular formula is C27H23N5O3. The van der Waals surface area contributed by atoms with E-state index < -0.39 is 0 Å². The van der Waals surface area contributed by atoms with E-state index in [9.17, 15) is 9.90 Å². The highest BCUT2D eigenvalue weighted by Gasteiger charge is 2.15. The number of methoxy groups -OCH3 is 1. The SMILES string of the molecule is COc1ccc(CNC(=O)c2ccc(Nc3ncc4cc(O)c5c(c4n3)N=CC=CC5)cc2)cc1. The summed E-state index contributed by atoms with van der Waals surface area (Å²) in [5.41, 5.74) is 4.30. The third-order valence-electron chi connectivity index (χ3n) is 5.69. The third-order valence-corrected chi connectivity index (χ3v) is 5.69. The molecule has 2 heterocycles. The van der Waals surface area contributed by atoms with Gasteiger partial charge in [0.1, 0.15) is 17.0 Å². The molecule has 0 radical (unpaired) electrons. The van der Waals surface area contributed by atoms with Crippen LogP contribution in [0.4, 0.5) is 17.3 Å². The van der Waals surface area contributed by atoms with E-state index >= 15 is 0 Å². The number of aromatic nitrogens is 2. The number of fused-ring (bicyclic) bond motifs is 3. The Hall–Kier alpha value is -4.72. The fourth-order valence-corrected chi connectivity index (χ4v) is 3.81. The highest BCUT2D eigenvalue weighted by molar-refractivity contribution is 5.96. The number of rotatable bonds is 6. The van der Waals surface area contributed by atoms with Crippen LogP contribution in [0, 0.1) is 0 Å². The summed E-state index contributed by atoms with van der Waals surface area (Å²) in [5.74, 6) is 1.19. The third kappa shape index (κ3) is 4.81. The molecule has 0 unspecified atom stereocenters. The van der Waals surface area contributed by atoms with E-state index in [-0.39, 0.29) is 11.7 Å². The van der Waals surface area contributed by atoms with Gasteiger partial charge in [-0.15, -0.1) is 0 Å². The summed E-state index contributed by atoms with van der Waals surface area (Å²) in [7, 11) is 1.62. The van der Waals surface area contributed by atoms with Crippen molar-refractivity contribution in [1.82, 2.24) is 15.3 Å². The lowest BCUT2D eigenvalue weighted by Crippen LogP contribution is -2.22. The maximum Gasteiger partial charge on any atom is 0.251 e. The Morgan fingerprint density at radius 2 is 1.91 bits per heavy atom. The summed E-state index contributed by atoms with van der Waals surface area (Å²) in [4.78, 5) is 26.0. The van der Waals surface area contributed by atoms with Gasteiger partial charge in [0.15, 0.2) is 0 Å². The Kier molecular flexibility index (Phi) is 6.09. The van der Waals surface area contributed by atoms with Gasteiger partial charge in [-0.1, -0.05) is 18.2 Å². The summed E-state index contributed by atoms with van der Waals surface area (Å²) < 4.78 is 5.15. The van der Waals surface area contributed by atoms with Crippen molar-refractivity contribution in [2.24, 2.45) is 4.99 Å². The number of anilines is 2. The molecule has 3 aromatic carbocycles. The number of carbonyl (C=O) groups excluding carboxylic acids is 1. The Morgan fingerprint density at radius 1 is 1.11 bits per heavy atom. The van der Waals surface area contributed by atoms with Crippen LogP contribution < -0.4 is 15.4 Å². The Balaban J connectivity index is 1.29. The van der Waals surface area contributed by atoms with E-state index in [1.165, 1.54) is 0 Å². The van der Waals surface area contributed by atoms with Gasteiger partial charge in [-0.25, -0.2) is 9.97 Å². The lowest BCUT2D eigenvalue weighted by molar-refractivity contribution is 0.0951. The number of carbonyl (C=O) groups is 1. The Morgan fingerprint density at radius 3 is 2.69 bits per heavy atom. The van der Waals surface area contributed by atoms with Crippen molar-refractivity contribution >= 4 is 40.3 Å². The number of phenolic OH excluding ortho intramolecular Hbond substituents is 1. The molecular weight excluding hydrogens is 442 g/mol. The second-order valence-corrected chi connectivity index (χ2v) is 8.00. The lowest BCUT2D eigenvalue weighted by atomic mass is 10.1. The molecule has 1 aliphatic heterocycles. The highest BCUT2D eigenvalue weighted by atomic mass is 16.5. The molecule has 3 N–H and O–H groups in total. The number of aromatic hydroxyl groups is 1. The van der Waals surface area contributed by atoms with Gasteiger partial charge < -0.3 is 20.5 Å². The number of ether oxygens (including phenoxy) is 1. The van der Waals surface area contributed by atoms with E-state index in [2.05, 4.69) is 25.6 Å². The zero-order valence-electron chi connectivity index (χ0n) is 19.0. The van der Waals surface area contributed by atoms with Crippen LogP contribution in [-0.2, 0) is 13.0 Å². The maximum atomic E-state index is 12.5. The molecule has 0 atom stereocenters. The molecule has 1 aliphatic rings. The van der Waals surface area contributed by atoms with Crippen LogP contribution in [0.25, 0.3) is 10.9 Å². The number of hydrogen-bond acceptors (Lipinski definition) is 7. The normalized spacial score (nSPS) is 12.1. The number of phenols is 1. The number of amides is 1. The second kappa shape index (κ2) is 9.64. The summed E-state index contributed by atoms with van der Waals surface area (Å²) in [6, 6.07) is 16.3. The smallest absolute Gasteiger partial charge is 0.251 e. The summed E-state index contributed by atoms with van der Waals surface area (Å²) in [6.45, 7) is 0.422. The monoisotopic (exact) mass is 465 g/mol. The standard InChI is InChI=1S/C27H23N5O3/c1-35-21-11-5-17(6-12-21)15-29-26(34)18-7-9-20(10-8-18)31-27-30-16-19-14-23(33)22-4-2-3-13-28-25(22)24(19)32-27/h2-3,5-14,16,33H,4,15H2,1H3,(H,29,34)(H,30,31,32). The zero-order valence-corrected chi connectivity index (χ0v) is 19.0. The van der Waals surface area contributed by atoms with E-state index in [0.717, 1.165) is 22.6 Å². The molecule has 1 aromatic heterocycles. The Bertz CT molecular complexity index is 1440. The first-order chi connectivity index (χ1) is 17.1. The first-order valence-corrected chi connectivity index (χ1v) is 11.1. The van der Waals surface area contributed by atoms with Gasteiger partial charge in [-0.2, -0.15) is 0 Å². The molecule has 8 nitrogen and oxygen atoms in total. The molecule has 0 bridgehead atoms. The van der Waals surface area contributed by atoms with Crippen molar-refractivity contribution in [3.05, 3.63) is 89.6 Å². The van der Waals surface area contributed by atoms with Gasteiger partial charge in [0.05, 0.1) is 12.8 Å². The van der Waals surface area contributed by atoms with Crippen molar-refractivity contribution in [2.45, 2.75) is 13.0 Å². The van der Waals surface area contributed by atoms with Gasteiger partial charge in [0, 0.05) is 41.2 Å². The minimum atomic E-state index is -0.164. The fraction of sp³-hybridized carbons (Fsp3) is 0.111. The predicted octanol–water partition coefficient (Wildman–Crippen LogP) is 4.83. The fourth-order valence-electron chi connectivity index (χ4n) is 3.81. The van der Waals surface area contributed by atoms with Crippen LogP contribution in [0.1, 0.15) is 21.5 Å². The molecule has 4 aromatic rings. The molecule has 0 aliphatic carbocycles. The number of allylic oxidation sites excluding steroid dienone is 2. The number of benzene rings is 3. The predicted molar refractivity (Wildman–Crippen MR) is 136 cm³/mol. The summed E-state index contributed by atoms with van der Waals surface area (Å²) >= 11 is 0. The number of aliphatic imine (C=N–C) groups is 1. The molecule has 0 fully saturated rings. The van der Waals surface area contributed by atoms with Crippen molar-refractivity contribution in [2.75, 3.05) is 12.4 Å². The van der Waals surface area contributed by atoms with Crippen LogP contribution in [0.3, 0.4) is 0 Å². The van der Waals surface area contributed by atoms with E-state index in [1.807, 2.05) is 36.4 Å². The van der Waals surface area contributed by atoms with Crippen LogP contribution in [0.2, 0.25) is 0 Å². The second-order valence-electron chi connectivity index (χ2n) is 8.00. The van der Waals surface area contributed by atoms with Gasteiger partial charge >= 0.3 is 0 Å². The van der Waals surface area contributed by atoms with Crippen molar-refractivity contribution in [1.29, 1.82) is 0 Å². The van der Waals surface area contributed by atoms with Crippen LogP contribution in [0.15, 0.2) is 77.9 Å². The maximum absolute atomic E-state index is 12.5. The topological polar surface area (TPSA) is 109 Å². The Labute approximate surface area is 202 Å². The largest absolute Gasteiger partial charge is 0.508 e. The quantitative estimate of drug-likeness (QED) is 0.376. The van der Waals surface area contributed by atoms with Crippen LogP contribution in [-0.4, -0.2) is 34.3 Å². The number of nitrogens with zero attached hydrogens (tertiary/aromatic N) is 3. The van der Waals surface area contributed by atoms with Crippen LogP contribution >= 0.6 is 0 Å². The van der Waals surface area contributed by atoms with Gasteiger partial charge in [0.2, 0.25) is 5.95 Å². The molecule has 0 saturated carbocycles. The summed E-state index contributed by atoms with van der Waals surface area (Å²) in [6.07, 6.45) is 7.71. The van der Waals surface area contributed by atoms with E-state index in [0.29, 0.717) is 41.1 Å². The van der Waals surface area contributed by atoms with Gasteiger partial charge in [-0.3, -0.25) is 9.79 Å². The first kappa shape index (κ1) is 22.1. The van der Waals surface area contributed by atoms with Crippen molar-refractivity contribution < 1.29 is 14.6 Å². The van der Waals surface area contributed by atoms with Gasteiger partial charge in [-0.05, 0) is 60.5 Å². The van der Waals surface area contributed by atoms with E-state index in [1.54, 1.807) is 49.9 Å². The summed E-state index contributed by atoms with van der Waals surface area (Å²) in [5, 5.41) is 17.2. The minimum absolute atomic E-state index is 0.164. The van der Waals surface area contributed by atoms with E-state index in [4.69, 9.17) is 4.74 Å². The number of hydrogen-bond donors (Lipinski definition) is 3. The lowest BCUT2D eigenvalue weighted by Gasteiger charge is -2.11. The molecule has 35 heavy (non-hydrogen) atoms. The molecule has 174 valence electrons. The molecule has 1 amide bonds. The molecule has 0 spiro atoms. The van der Waals surface area contributed by atoms with Gasteiger partial charge in [0.25, 0.3) is 5.91 Å². The average molecular weight is 466 g/mol. The van der Waals surface area contributed by atoms with Crippen molar-refractivity contribution in [3.8, 4) is 11.5 Å². The zero-order chi connectivity index (χ0) is 24.2. The average Bonchev–Trinajstić information content (AvgIpc) is 3.15. The molecule has 5 rings (SSSR count). The number of nitrogens with one attached hydrogen (secondary N) is 2. The van der Waals surface area contributed by atoms with Crippen molar-refractivity contribution in [3.63, 3.8) is 0 Å². The minimum Gasteiger partial charge on any atom is -0.508 e. The highest BCUT2D eigenvalue weighted by Crippen LogP contribution is 2.37.